The van der Waals surface area contributed by atoms with Gasteiger partial charge in [0.05, 0.1) is 11.8 Å². The summed E-state index contributed by atoms with van der Waals surface area (Å²) >= 11 is 0. The van der Waals surface area contributed by atoms with Crippen molar-refractivity contribution in [1.82, 2.24) is 5.43 Å². The molecule has 4 heteroatoms. The number of para-hydroxylation sites is 1. The Hall–Kier alpha value is -3.40. The molecular formula is C22H21N3O. The smallest absolute Gasteiger partial charge is 0.273 e. The van der Waals surface area contributed by atoms with Crippen LogP contribution in [0.5, 0.6) is 0 Å². The lowest BCUT2D eigenvalue weighted by molar-refractivity contribution is 0.0955. The number of anilines is 1. The average molecular weight is 343 g/mol. The summed E-state index contributed by atoms with van der Waals surface area (Å²) in [4.78, 5) is 14.3. The molecule has 0 spiro atoms. The predicted octanol–water partition coefficient (Wildman–Crippen LogP) is 4.18. The van der Waals surface area contributed by atoms with Crippen LogP contribution in [0.3, 0.4) is 0 Å². The van der Waals surface area contributed by atoms with Crippen LogP contribution in [0, 0.1) is 0 Å². The molecule has 0 radical (unpaired) electrons. The normalized spacial score (nSPS) is 10.7. The third kappa shape index (κ3) is 4.16. The molecule has 3 aromatic rings. The highest BCUT2D eigenvalue weighted by Crippen LogP contribution is 2.19. The van der Waals surface area contributed by atoms with Gasteiger partial charge in [0, 0.05) is 19.8 Å². The fraction of sp³-hybridized carbons (Fsp3) is 0.0909. The summed E-state index contributed by atoms with van der Waals surface area (Å²) in [6.45, 7) is 0. The van der Waals surface area contributed by atoms with Crippen molar-refractivity contribution in [3.05, 3.63) is 90.0 Å². The van der Waals surface area contributed by atoms with E-state index in [0.717, 1.165) is 16.8 Å². The van der Waals surface area contributed by atoms with E-state index in [4.69, 9.17) is 0 Å². The first-order valence-corrected chi connectivity index (χ1v) is 8.40. The summed E-state index contributed by atoms with van der Waals surface area (Å²) < 4.78 is 0. The Bertz CT molecular complexity index is 900. The summed E-state index contributed by atoms with van der Waals surface area (Å²) in [6.07, 6.45) is 1.64. The second-order valence-electron chi connectivity index (χ2n) is 6.10. The molecule has 0 heterocycles. The highest BCUT2D eigenvalue weighted by Gasteiger charge is 2.11. The van der Waals surface area contributed by atoms with Gasteiger partial charge in [0.1, 0.15) is 0 Å². The zero-order valence-corrected chi connectivity index (χ0v) is 14.9. The topological polar surface area (TPSA) is 44.7 Å². The predicted molar refractivity (Wildman–Crippen MR) is 108 cm³/mol. The molecule has 4 nitrogen and oxygen atoms in total. The standard InChI is InChI=1S/C22H21N3O/c1-25(2)21-11-7-6-10-20(21)22(26)24-23-16-17-12-14-19(15-13-17)18-8-4-3-5-9-18/h3-16H,1-2H3,(H,24,26)/b23-16-. The summed E-state index contributed by atoms with van der Waals surface area (Å²) in [7, 11) is 3.81. The molecule has 0 aliphatic heterocycles. The number of carbonyl (C=O) groups excluding carboxylic acids is 1. The Kier molecular flexibility index (Phi) is 5.44. The van der Waals surface area contributed by atoms with Crippen LogP contribution in [0.15, 0.2) is 84.0 Å². The highest BCUT2D eigenvalue weighted by atomic mass is 16.2. The number of carbonyl (C=O) groups is 1. The molecule has 1 N–H and O–H groups in total. The van der Waals surface area contributed by atoms with E-state index in [0.29, 0.717) is 5.56 Å². The molecule has 0 aliphatic carbocycles. The number of amides is 1. The fourth-order valence-electron chi connectivity index (χ4n) is 2.67. The van der Waals surface area contributed by atoms with Crippen LogP contribution in [0.4, 0.5) is 5.69 Å². The highest BCUT2D eigenvalue weighted by molar-refractivity contribution is 6.00. The number of hydrogen-bond donors (Lipinski definition) is 1. The van der Waals surface area contributed by atoms with E-state index >= 15 is 0 Å². The third-order valence-electron chi connectivity index (χ3n) is 4.03. The summed E-state index contributed by atoms with van der Waals surface area (Å²) in [5, 5.41) is 4.08. The molecule has 0 saturated heterocycles. The van der Waals surface area contributed by atoms with Crippen LogP contribution in [0.1, 0.15) is 15.9 Å². The molecule has 0 unspecified atom stereocenters. The number of nitrogens with one attached hydrogen (secondary N) is 1. The Morgan fingerprint density at radius 2 is 1.46 bits per heavy atom. The Morgan fingerprint density at radius 1 is 0.846 bits per heavy atom. The molecule has 130 valence electrons. The van der Waals surface area contributed by atoms with Crippen molar-refractivity contribution in [2.75, 3.05) is 19.0 Å². The van der Waals surface area contributed by atoms with Gasteiger partial charge in [-0.2, -0.15) is 5.10 Å². The number of rotatable bonds is 5. The van der Waals surface area contributed by atoms with E-state index in [-0.39, 0.29) is 5.91 Å². The minimum absolute atomic E-state index is 0.230. The van der Waals surface area contributed by atoms with Gasteiger partial charge >= 0.3 is 0 Å². The monoisotopic (exact) mass is 343 g/mol. The van der Waals surface area contributed by atoms with E-state index in [1.54, 1.807) is 12.3 Å². The Labute approximate surface area is 153 Å². The van der Waals surface area contributed by atoms with Gasteiger partial charge in [-0.15, -0.1) is 0 Å². The first kappa shape index (κ1) is 17.4. The maximum Gasteiger partial charge on any atom is 0.273 e. The first-order valence-electron chi connectivity index (χ1n) is 8.40. The Morgan fingerprint density at radius 3 is 2.15 bits per heavy atom. The molecule has 26 heavy (non-hydrogen) atoms. The van der Waals surface area contributed by atoms with E-state index in [9.17, 15) is 4.79 Å². The van der Waals surface area contributed by atoms with Crippen LogP contribution < -0.4 is 10.3 Å². The number of hydrogen-bond acceptors (Lipinski definition) is 3. The van der Waals surface area contributed by atoms with Crippen molar-refractivity contribution < 1.29 is 4.79 Å². The summed E-state index contributed by atoms with van der Waals surface area (Å²) in [6, 6.07) is 25.7. The largest absolute Gasteiger partial charge is 0.377 e. The van der Waals surface area contributed by atoms with E-state index in [1.807, 2.05) is 79.7 Å². The van der Waals surface area contributed by atoms with Crippen molar-refractivity contribution in [1.29, 1.82) is 0 Å². The molecule has 0 saturated carbocycles. The van der Waals surface area contributed by atoms with E-state index in [2.05, 4.69) is 22.7 Å². The summed E-state index contributed by atoms with van der Waals surface area (Å²) in [5.74, 6) is -0.230. The van der Waals surface area contributed by atoms with E-state index in [1.165, 1.54) is 5.56 Å². The molecule has 3 rings (SSSR count). The van der Waals surface area contributed by atoms with Crippen molar-refractivity contribution in [3.8, 4) is 11.1 Å². The van der Waals surface area contributed by atoms with Crippen LogP contribution in [0.2, 0.25) is 0 Å². The molecule has 0 atom stereocenters. The maximum absolute atomic E-state index is 12.3. The van der Waals surface area contributed by atoms with Crippen molar-refractivity contribution >= 4 is 17.8 Å². The fourth-order valence-corrected chi connectivity index (χ4v) is 2.67. The number of benzene rings is 3. The van der Waals surface area contributed by atoms with Gasteiger partial charge in [-0.1, -0.05) is 66.7 Å². The van der Waals surface area contributed by atoms with Gasteiger partial charge in [0.2, 0.25) is 0 Å². The second-order valence-corrected chi connectivity index (χ2v) is 6.10. The molecule has 1 amide bonds. The van der Waals surface area contributed by atoms with Crippen molar-refractivity contribution in [3.63, 3.8) is 0 Å². The minimum Gasteiger partial charge on any atom is -0.377 e. The number of hydrazone groups is 1. The lowest BCUT2D eigenvalue weighted by Gasteiger charge is -2.15. The van der Waals surface area contributed by atoms with Gasteiger partial charge in [-0.3, -0.25) is 4.79 Å². The molecule has 3 aromatic carbocycles. The van der Waals surface area contributed by atoms with Crippen molar-refractivity contribution in [2.24, 2.45) is 5.10 Å². The first-order chi connectivity index (χ1) is 12.6. The van der Waals surface area contributed by atoms with Crippen LogP contribution >= 0.6 is 0 Å². The molecule has 0 aliphatic rings. The lowest BCUT2D eigenvalue weighted by Crippen LogP contribution is -2.21. The van der Waals surface area contributed by atoms with Crippen LogP contribution in [0.25, 0.3) is 11.1 Å². The quantitative estimate of drug-likeness (QED) is 0.558. The molecule has 0 aromatic heterocycles. The van der Waals surface area contributed by atoms with Crippen LogP contribution in [-0.4, -0.2) is 26.2 Å². The zero-order valence-electron chi connectivity index (χ0n) is 14.9. The lowest BCUT2D eigenvalue weighted by atomic mass is 10.0. The molecular weight excluding hydrogens is 322 g/mol. The van der Waals surface area contributed by atoms with Crippen LogP contribution in [-0.2, 0) is 0 Å². The van der Waals surface area contributed by atoms with E-state index < -0.39 is 0 Å². The van der Waals surface area contributed by atoms with Gasteiger partial charge in [-0.05, 0) is 28.8 Å². The molecule has 0 bridgehead atoms. The maximum atomic E-state index is 12.3. The van der Waals surface area contributed by atoms with Gasteiger partial charge in [0.25, 0.3) is 5.91 Å². The zero-order chi connectivity index (χ0) is 18.4. The minimum atomic E-state index is -0.230. The third-order valence-corrected chi connectivity index (χ3v) is 4.03. The number of nitrogens with zero attached hydrogens (tertiary/aromatic N) is 2. The Balaban J connectivity index is 1.67. The second kappa shape index (κ2) is 8.12. The van der Waals surface area contributed by atoms with Gasteiger partial charge < -0.3 is 4.90 Å². The molecule has 0 fully saturated rings. The summed E-state index contributed by atoms with van der Waals surface area (Å²) in [5.41, 5.74) is 7.28. The van der Waals surface area contributed by atoms with Gasteiger partial charge in [-0.25, -0.2) is 5.43 Å². The SMILES string of the molecule is CN(C)c1ccccc1C(=O)N/N=C\c1ccc(-c2ccccc2)cc1. The van der Waals surface area contributed by atoms with Crippen molar-refractivity contribution in [2.45, 2.75) is 0 Å². The average Bonchev–Trinajstić information content (AvgIpc) is 2.69. The van der Waals surface area contributed by atoms with Gasteiger partial charge in [0.15, 0.2) is 0 Å².